The van der Waals surface area contributed by atoms with Gasteiger partial charge in [-0.15, -0.1) is 10.2 Å². The van der Waals surface area contributed by atoms with Crippen LogP contribution in [0.2, 0.25) is 0 Å². The van der Waals surface area contributed by atoms with Gasteiger partial charge in [0.25, 0.3) is 0 Å². The Balaban J connectivity index is 2.05. The standard InChI is InChI=1S/C12H22N4/c1-10-14-15-12(8-4-5-9-13)16(10)11-6-2-3-7-11/h11H,2-9,13H2,1H3. The van der Waals surface area contributed by atoms with E-state index in [1.54, 1.807) is 0 Å². The van der Waals surface area contributed by atoms with Crippen LogP contribution in [-0.2, 0) is 6.42 Å². The van der Waals surface area contributed by atoms with Gasteiger partial charge in [0, 0.05) is 12.5 Å². The molecule has 0 saturated heterocycles. The molecule has 0 radical (unpaired) electrons. The smallest absolute Gasteiger partial charge is 0.133 e. The first-order valence-electron chi connectivity index (χ1n) is 6.43. The third kappa shape index (κ3) is 2.43. The minimum atomic E-state index is 0.655. The highest BCUT2D eigenvalue weighted by Crippen LogP contribution is 2.31. The van der Waals surface area contributed by atoms with Crippen LogP contribution in [0, 0.1) is 6.92 Å². The van der Waals surface area contributed by atoms with Gasteiger partial charge in [-0.25, -0.2) is 0 Å². The average Bonchev–Trinajstić information content (AvgIpc) is 2.88. The van der Waals surface area contributed by atoms with Gasteiger partial charge in [0.1, 0.15) is 11.6 Å². The lowest BCUT2D eigenvalue weighted by molar-refractivity contribution is 0.482. The van der Waals surface area contributed by atoms with Crippen molar-refractivity contribution < 1.29 is 0 Å². The maximum absolute atomic E-state index is 5.52. The van der Waals surface area contributed by atoms with Gasteiger partial charge in [-0.2, -0.15) is 0 Å². The van der Waals surface area contributed by atoms with Crippen molar-refractivity contribution in [1.29, 1.82) is 0 Å². The van der Waals surface area contributed by atoms with Gasteiger partial charge in [-0.3, -0.25) is 0 Å². The van der Waals surface area contributed by atoms with E-state index in [1.807, 2.05) is 0 Å². The van der Waals surface area contributed by atoms with Crippen molar-refractivity contribution >= 4 is 0 Å². The summed E-state index contributed by atoms with van der Waals surface area (Å²) in [7, 11) is 0. The van der Waals surface area contributed by atoms with Crippen LogP contribution < -0.4 is 5.73 Å². The number of nitrogens with zero attached hydrogens (tertiary/aromatic N) is 3. The molecule has 16 heavy (non-hydrogen) atoms. The summed E-state index contributed by atoms with van der Waals surface area (Å²) in [4.78, 5) is 0. The van der Waals surface area contributed by atoms with Crippen molar-refractivity contribution in [3.63, 3.8) is 0 Å². The molecule has 1 aromatic rings. The molecule has 90 valence electrons. The van der Waals surface area contributed by atoms with E-state index in [2.05, 4.69) is 21.7 Å². The Morgan fingerprint density at radius 2 is 2.00 bits per heavy atom. The summed E-state index contributed by atoms with van der Waals surface area (Å²) in [5.41, 5.74) is 5.52. The first-order chi connectivity index (χ1) is 7.83. The molecule has 1 aromatic heterocycles. The largest absolute Gasteiger partial charge is 0.330 e. The second-order valence-corrected chi connectivity index (χ2v) is 4.72. The van der Waals surface area contributed by atoms with Crippen LogP contribution in [-0.4, -0.2) is 21.3 Å². The van der Waals surface area contributed by atoms with E-state index in [0.717, 1.165) is 37.5 Å². The molecular weight excluding hydrogens is 200 g/mol. The van der Waals surface area contributed by atoms with Gasteiger partial charge in [0.15, 0.2) is 0 Å². The molecule has 1 aliphatic carbocycles. The van der Waals surface area contributed by atoms with Crippen LogP contribution >= 0.6 is 0 Å². The summed E-state index contributed by atoms with van der Waals surface area (Å²) in [5, 5.41) is 8.53. The molecular formula is C12H22N4. The Kier molecular flexibility index (Phi) is 3.93. The Hall–Kier alpha value is -0.900. The maximum Gasteiger partial charge on any atom is 0.133 e. The fourth-order valence-electron chi connectivity index (χ4n) is 2.65. The van der Waals surface area contributed by atoms with Crippen molar-refractivity contribution in [2.45, 2.75) is 57.9 Å². The molecule has 1 fully saturated rings. The predicted molar refractivity (Wildman–Crippen MR) is 64.3 cm³/mol. The summed E-state index contributed by atoms with van der Waals surface area (Å²) in [6.07, 6.45) is 8.52. The lowest BCUT2D eigenvalue weighted by Crippen LogP contribution is -2.11. The third-order valence-corrected chi connectivity index (χ3v) is 3.48. The Morgan fingerprint density at radius 1 is 1.25 bits per heavy atom. The van der Waals surface area contributed by atoms with E-state index in [9.17, 15) is 0 Å². The predicted octanol–water partition coefficient (Wildman–Crippen LogP) is 1.98. The molecule has 0 bridgehead atoms. The van der Waals surface area contributed by atoms with Gasteiger partial charge in [0.05, 0.1) is 0 Å². The second kappa shape index (κ2) is 5.43. The monoisotopic (exact) mass is 222 g/mol. The molecule has 2 rings (SSSR count). The normalized spacial score (nSPS) is 17.1. The number of hydrogen-bond donors (Lipinski definition) is 1. The molecule has 1 heterocycles. The zero-order chi connectivity index (χ0) is 11.4. The van der Waals surface area contributed by atoms with E-state index in [1.165, 1.54) is 25.7 Å². The van der Waals surface area contributed by atoms with Crippen molar-refractivity contribution in [3.8, 4) is 0 Å². The summed E-state index contributed by atoms with van der Waals surface area (Å²) >= 11 is 0. The van der Waals surface area contributed by atoms with Gasteiger partial charge in [-0.05, 0) is 39.2 Å². The SMILES string of the molecule is Cc1nnc(CCCCN)n1C1CCCC1. The highest BCUT2D eigenvalue weighted by molar-refractivity contribution is 4.98. The molecule has 4 nitrogen and oxygen atoms in total. The number of rotatable bonds is 5. The van der Waals surface area contributed by atoms with Crippen LogP contribution in [0.4, 0.5) is 0 Å². The van der Waals surface area contributed by atoms with Gasteiger partial charge >= 0.3 is 0 Å². The summed E-state index contributed by atoms with van der Waals surface area (Å²) in [6, 6.07) is 0.655. The van der Waals surface area contributed by atoms with E-state index >= 15 is 0 Å². The molecule has 2 N–H and O–H groups in total. The minimum Gasteiger partial charge on any atom is -0.330 e. The fraction of sp³-hybridized carbons (Fsp3) is 0.833. The van der Waals surface area contributed by atoms with Crippen molar-refractivity contribution in [3.05, 3.63) is 11.6 Å². The molecule has 1 saturated carbocycles. The number of aromatic nitrogens is 3. The summed E-state index contributed by atoms with van der Waals surface area (Å²) in [5.74, 6) is 2.24. The number of nitrogens with two attached hydrogens (primary N) is 1. The Morgan fingerprint density at radius 3 is 2.69 bits per heavy atom. The van der Waals surface area contributed by atoms with Gasteiger partial charge in [0.2, 0.25) is 0 Å². The summed E-state index contributed by atoms with van der Waals surface area (Å²) < 4.78 is 2.36. The zero-order valence-electron chi connectivity index (χ0n) is 10.2. The van der Waals surface area contributed by atoms with Gasteiger partial charge < -0.3 is 10.3 Å². The first kappa shape index (κ1) is 11.6. The molecule has 0 unspecified atom stereocenters. The fourth-order valence-corrected chi connectivity index (χ4v) is 2.65. The van der Waals surface area contributed by atoms with E-state index in [4.69, 9.17) is 5.73 Å². The number of hydrogen-bond acceptors (Lipinski definition) is 3. The number of aryl methyl sites for hydroxylation is 2. The molecule has 0 aliphatic heterocycles. The molecule has 0 aromatic carbocycles. The van der Waals surface area contributed by atoms with E-state index in [0.29, 0.717) is 6.04 Å². The van der Waals surface area contributed by atoms with Crippen molar-refractivity contribution in [2.75, 3.05) is 6.54 Å². The van der Waals surface area contributed by atoms with Crippen LogP contribution in [0.3, 0.4) is 0 Å². The van der Waals surface area contributed by atoms with Crippen molar-refractivity contribution in [1.82, 2.24) is 14.8 Å². The molecule has 4 heteroatoms. The topological polar surface area (TPSA) is 56.7 Å². The van der Waals surface area contributed by atoms with Gasteiger partial charge in [-0.1, -0.05) is 12.8 Å². The van der Waals surface area contributed by atoms with E-state index in [-0.39, 0.29) is 0 Å². The Bertz CT molecular complexity index is 326. The quantitative estimate of drug-likeness (QED) is 0.775. The van der Waals surface area contributed by atoms with Crippen LogP contribution in [0.25, 0.3) is 0 Å². The zero-order valence-corrected chi connectivity index (χ0v) is 10.2. The van der Waals surface area contributed by atoms with Crippen LogP contribution in [0.1, 0.15) is 56.2 Å². The molecule has 0 spiro atoms. The lowest BCUT2D eigenvalue weighted by Gasteiger charge is -2.15. The van der Waals surface area contributed by atoms with E-state index < -0.39 is 0 Å². The number of unbranched alkanes of at least 4 members (excludes halogenated alkanes) is 1. The van der Waals surface area contributed by atoms with Crippen molar-refractivity contribution in [2.24, 2.45) is 5.73 Å². The minimum absolute atomic E-state index is 0.655. The lowest BCUT2D eigenvalue weighted by atomic mass is 10.2. The summed E-state index contributed by atoms with van der Waals surface area (Å²) in [6.45, 7) is 2.84. The third-order valence-electron chi connectivity index (χ3n) is 3.48. The molecule has 0 atom stereocenters. The average molecular weight is 222 g/mol. The van der Waals surface area contributed by atoms with Crippen LogP contribution in [0.5, 0.6) is 0 Å². The second-order valence-electron chi connectivity index (χ2n) is 4.72. The Labute approximate surface area is 97.2 Å². The molecule has 0 amide bonds. The highest BCUT2D eigenvalue weighted by Gasteiger charge is 2.21. The highest BCUT2D eigenvalue weighted by atomic mass is 15.3. The first-order valence-corrected chi connectivity index (χ1v) is 6.43. The maximum atomic E-state index is 5.52. The van der Waals surface area contributed by atoms with Crippen LogP contribution in [0.15, 0.2) is 0 Å². The molecule has 1 aliphatic rings.